The van der Waals surface area contributed by atoms with Crippen LogP contribution in [0.2, 0.25) is 5.02 Å². The van der Waals surface area contributed by atoms with Crippen molar-refractivity contribution < 1.29 is 14.0 Å². The Labute approximate surface area is 194 Å². The summed E-state index contributed by atoms with van der Waals surface area (Å²) in [7, 11) is 0. The van der Waals surface area contributed by atoms with E-state index in [0.29, 0.717) is 33.9 Å². The molecule has 1 heterocycles. The highest BCUT2D eigenvalue weighted by Gasteiger charge is 2.17. The summed E-state index contributed by atoms with van der Waals surface area (Å²) in [6.07, 6.45) is 1.62. The maximum Gasteiger partial charge on any atom is 0.234 e. The minimum absolute atomic E-state index is 0.0350. The van der Waals surface area contributed by atoms with Gasteiger partial charge in [-0.15, -0.1) is 16.8 Å². The van der Waals surface area contributed by atoms with Crippen molar-refractivity contribution >= 4 is 46.6 Å². The summed E-state index contributed by atoms with van der Waals surface area (Å²) >= 11 is 7.29. The van der Waals surface area contributed by atoms with Crippen molar-refractivity contribution in [1.29, 1.82) is 0 Å². The van der Waals surface area contributed by atoms with E-state index in [1.807, 2.05) is 6.92 Å². The Morgan fingerprint density at radius 2 is 1.91 bits per heavy atom. The third-order valence-corrected chi connectivity index (χ3v) is 5.80. The number of nitrogens with one attached hydrogen (secondary N) is 2. The van der Waals surface area contributed by atoms with E-state index in [1.165, 1.54) is 36.0 Å². The first-order valence-corrected chi connectivity index (χ1v) is 11.0. The molecule has 0 unspecified atom stereocenters. The van der Waals surface area contributed by atoms with E-state index in [1.54, 1.807) is 28.8 Å². The maximum atomic E-state index is 13.0. The summed E-state index contributed by atoms with van der Waals surface area (Å²) in [4.78, 5) is 24.8. The summed E-state index contributed by atoms with van der Waals surface area (Å²) in [6, 6.07) is 10.8. The van der Waals surface area contributed by atoms with Crippen LogP contribution >= 0.6 is 23.4 Å². The minimum atomic E-state index is -0.384. The molecule has 7 nitrogen and oxygen atoms in total. The number of nitrogens with zero attached hydrogens (tertiary/aromatic N) is 3. The van der Waals surface area contributed by atoms with Crippen molar-refractivity contribution in [2.75, 3.05) is 16.4 Å². The molecule has 0 aliphatic carbocycles. The van der Waals surface area contributed by atoms with E-state index in [2.05, 4.69) is 27.4 Å². The summed E-state index contributed by atoms with van der Waals surface area (Å²) in [5, 5.41) is 14.8. The molecule has 1 aromatic heterocycles. The molecule has 3 aromatic rings. The number of benzene rings is 2. The number of hydrogen-bond donors (Lipinski definition) is 2. The van der Waals surface area contributed by atoms with Crippen LogP contribution in [0.1, 0.15) is 11.4 Å². The lowest BCUT2D eigenvalue weighted by Gasteiger charge is -2.10. The molecule has 0 aliphatic heterocycles. The van der Waals surface area contributed by atoms with Crippen molar-refractivity contribution in [3.8, 4) is 0 Å². The fraction of sp³-hybridized carbons (Fsp3) is 0.182. The molecule has 3 rings (SSSR count). The topological polar surface area (TPSA) is 88.9 Å². The first kappa shape index (κ1) is 23.5. The van der Waals surface area contributed by atoms with Crippen molar-refractivity contribution in [2.45, 2.75) is 25.0 Å². The minimum Gasteiger partial charge on any atom is -0.326 e. The number of carbonyl (C=O) groups excluding carboxylic acids is 2. The molecule has 0 spiro atoms. The number of thioether (sulfide) groups is 1. The molecule has 0 saturated carbocycles. The Hall–Kier alpha value is -3.17. The Bertz CT molecular complexity index is 1130. The second-order valence-electron chi connectivity index (χ2n) is 6.78. The van der Waals surface area contributed by atoms with E-state index >= 15 is 0 Å². The molecule has 2 aromatic carbocycles. The van der Waals surface area contributed by atoms with Gasteiger partial charge in [0, 0.05) is 22.9 Å². The molecule has 0 radical (unpaired) electrons. The summed E-state index contributed by atoms with van der Waals surface area (Å²) < 4.78 is 14.7. The van der Waals surface area contributed by atoms with Gasteiger partial charge >= 0.3 is 0 Å². The predicted molar refractivity (Wildman–Crippen MR) is 124 cm³/mol. The van der Waals surface area contributed by atoms with Crippen LogP contribution in [0.3, 0.4) is 0 Å². The molecule has 10 heteroatoms. The molecular weight excluding hydrogens is 453 g/mol. The second-order valence-corrected chi connectivity index (χ2v) is 8.13. The lowest BCUT2D eigenvalue weighted by molar-refractivity contribution is -0.116. The highest BCUT2D eigenvalue weighted by atomic mass is 35.5. The molecule has 32 heavy (non-hydrogen) atoms. The van der Waals surface area contributed by atoms with Crippen LogP contribution < -0.4 is 10.6 Å². The number of aromatic nitrogens is 3. The first-order valence-electron chi connectivity index (χ1n) is 9.63. The fourth-order valence-electron chi connectivity index (χ4n) is 2.81. The van der Waals surface area contributed by atoms with Crippen LogP contribution in [0.5, 0.6) is 0 Å². The third-order valence-electron chi connectivity index (χ3n) is 4.43. The monoisotopic (exact) mass is 473 g/mol. The second kappa shape index (κ2) is 10.9. The van der Waals surface area contributed by atoms with Crippen LogP contribution in [-0.4, -0.2) is 32.3 Å². The molecule has 166 valence electrons. The van der Waals surface area contributed by atoms with Gasteiger partial charge in [0.25, 0.3) is 0 Å². The van der Waals surface area contributed by atoms with E-state index in [-0.39, 0.29) is 29.8 Å². The third kappa shape index (κ3) is 6.18. The number of anilines is 2. The van der Waals surface area contributed by atoms with Gasteiger partial charge in [0.05, 0.1) is 12.2 Å². The zero-order valence-corrected chi connectivity index (χ0v) is 18.8. The lowest BCUT2D eigenvalue weighted by Crippen LogP contribution is -2.18. The molecule has 2 N–H and O–H groups in total. The SMILES string of the molecule is C=CCn1c(CC(=O)Nc2ccc(F)cc2)nnc1SCC(=O)Nc1cccc(Cl)c1C. The van der Waals surface area contributed by atoms with Gasteiger partial charge in [0.15, 0.2) is 5.16 Å². The molecule has 0 saturated heterocycles. The smallest absolute Gasteiger partial charge is 0.234 e. The summed E-state index contributed by atoms with van der Waals surface area (Å²) in [5.74, 6) is -0.393. The van der Waals surface area contributed by atoms with Gasteiger partial charge in [0.1, 0.15) is 11.6 Å². The number of halogens is 2. The highest BCUT2D eigenvalue weighted by molar-refractivity contribution is 7.99. The van der Waals surface area contributed by atoms with Gasteiger partial charge in [0.2, 0.25) is 11.8 Å². The zero-order valence-electron chi connectivity index (χ0n) is 17.3. The quantitative estimate of drug-likeness (QED) is 0.353. The van der Waals surface area contributed by atoms with Crippen molar-refractivity contribution in [3.05, 3.63) is 77.3 Å². The van der Waals surface area contributed by atoms with Gasteiger partial charge in [-0.2, -0.15) is 0 Å². The van der Waals surface area contributed by atoms with Crippen LogP contribution in [0, 0.1) is 12.7 Å². The molecule has 0 atom stereocenters. The van der Waals surface area contributed by atoms with Crippen molar-refractivity contribution in [3.63, 3.8) is 0 Å². The van der Waals surface area contributed by atoms with Crippen LogP contribution in [0.15, 0.2) is 60.3 Å². The largest absolute Gasteiger partial charge is 0.326 e. The number of rotatable bonds is 9. The Balaban J connectivity index is 1.62. The van der Waals surface area contributed by atoms with Gasteiger partial charge in [-0.1, -0.05) is 35.5 Å². The molecule has 0 bridgehead atoms. The van der Waals surface area contributed by atoms with Gasteiger partial charge in [-0.05, 0) is 48.9 Å². The van der Waals surface area contributed by atoms with E-state index in [4.69, 9.17) is 11.6 Å². The normalized spacial score (nSPS) is 10.6. The number of carbonyl (C=O) groups is 2. The highest BCUT2D eigenvalue weighted by Crippen LogP contribution is 2.24. The van der Waals surface area contributed by atoms with Gasteiger partial charge in [-0.3, -0.25) is 9.59 Å². The predicted octanol–water partition coefficient (Wildman–Crippen LogP) is 4.48. The number of amides is 2. The van der Waals surface area contributed by atoms with E-state index in [9.17, 15) is 14.0 Å². The molecular formula is C22H21ClFN5O2S. The van der Waals surface area contributed by atoms with Crippen LogP contribution in [-0.2, 0) is 22.6 Å². The van der Waals surface area contributed by atoms with E-state index < -0.39 is 0 Å². The van der Waals surface area contributed by atoms with Crippen molar-refractivity contribution in [1.82, 2.24) is 14.8 Å². The standard InChI is InChI=1S/C22H21ClFN5O2S/c1-3-11-29-19(12-20(30)25-16-9-7-15(24)8-10-16)27-28-22(29)32-13-21(31)26-18-6-4-5-17(23)14(18)2/h3-10H,1,11-13H2,2H3,(H,25,30)(H,26,31). The van der Waals surface area contributed by atoms with Crippen molar-refractivity contribution in [2.24, 2.45) is 0 Å². The van der Waals surface area contributed by atoms with Crippen LogP contribution in [0.4, 0.5) is 15.8 Å². The molecule has 0 fully saturated rings. The zero-order chi connectivity index (χ0) is 23.1. The maximum absolute atomic E-state index is 13.0. The lowest BCUT2D eigenvalue weighted by atomic mass is 10.2. The number of hydrogen-bond acceptors (Lipinski definition) is 5. The Morgan fingerprint density at radius 1 is 1.16 bits per heavy atom. The summed E-state index contributed by atoms with van der Waals surface area (Å²) in [6.45, 7) is 5.94. The van der Waals surface area contributed by atoms with E-state index in [0.717, 1.165) is 5.56 Å². The molecule has 0 aliphatic rings. The number of allylic oxidation sites excluding steroid dienone is 1. The average molecular weight is 474 g/mol. The first-order chi connectivity index (χ1) is 15.4. The summed E-state index contributed by atoms with van der Waals surface area (Å²) in [5.41, 5.74) is 1.92. The van der Waals surface area contributed by atoms with Crippen LogP contribution in [0.25, 0.3) is 0 Å². The Morgan fingerprint density at radius 3 is 2.62 bits per heavy atom. The fourth-order valence-corrected chi connectivity index (χ4v) is 3.75. The Kier molecular flexibility index (Phi) is 8.02. The average Bonchev–Trinajstić information content (AvgIpc) is 3.13. The van der Waals surface area contributed by atoms with Gasteiger partial charge in [-0.25, -0.2) is 4.39 Å². The molecule has 2 amide bonds. The van der Waals surface area contributed by atoms with Gasteiger partial charge < -0.3 is 15.2 Å².